The third-order valence-electron chi connectivity index (χ3n) is 5.95. The summed E-state index contributed by atoms with van der Waals surface area (Å²) in [6.07, 6.45) is 5.26. The average Bonchev–Trinajstić information content (AvgIpc) is 2.83. The second-order valence-electron chi connectivity index (χ2n) is 8.37. The zero-order chi connectivity index (χ0) is 23.2. The number of piperidine rings is 1. The Morgan fingerprint density at radius 3 is 2.48 bits per heavy atom. The van der Waals surface area contributed by atoms with E-state index in [4.69, 9.17) is 12.2 Å². The van der Waals surface area contributed by atoms with Gasteiger partial charge in [-0.05, 0) is 65.5 Å². The summed E-state index contributed by atoms with van der Waals surface area (Å²) in [6.45, 7) is 3.73. The number of carbonyl (C=O) groups excluding carboxylic acids is 2. The van der Waals surface area contributed by atoms with Crippen molar-refractivity contribution in [3.63, 3.8) is 0 Å². The molecule has 3 aromatic rings. The molecule has 0 unspecified atom stereocenters. The van der Waals surface area contributed by atoms with Gasteiger partial charge in [-0.2, -0.15) is 0 Å². The number of carbonyl (C=O) groups is 2. The fraction of sp³-hybridized carbons (Fsp3) is 0.222. The molecule has 1 saturated heterocycles. The summed E-state index contributed by atoms with van der Waals surface area (Å²) in [5.41, 5.74) is 2.09. The first kappa shape index (κ1) is 22.7. The highest BCUT2D eigenvalue weighted by Crippen LogP contribution is 2.22. The number of hydrogen-bond donors (Lipinski definition) is 2. The zero-order valence-corrected chi connectivity index (χ0v) is 19.4. The van der Waals surface area contributed by atoms with E-state index >= 15 is 0 Å². The van der Waals surface area contributed by atoms with E-state index in [1.54, 1.807) is 18.2 Å². The van der Waals surface area contributed by atoms with Crippen molar-refractivity contribution in [3.05, 3.63) is 83.9 Å². The van der Waals surface area contributed by atoms with Gasteiger partial charge in [0.05, 0.1) is 11.3 Å². The van der Waals surface area contributed by atoms with Crippen LogP contribution >= 0.6 is 12.2 Å². The number of rotatable bonds is 4. The van der Waals surface area contributed by atoms with Gasteiger partial charge in [0, 0.05) is 19.2 Å². The highest BCUT2D eigenvalue weighted by molar-refractivity contribution is 7.80. The van der Waals surface area contributed by atoms with Crippen molar-refractivity contribution in [3.8, 4) is 0 Å². The molecule has 2 N–H and O–H groups in total. The van der Waals surface area contributed by atoms with E-state index in [0.717, 1.165) is 42.3 Å². The van der Waals surface area contributed by atoms with E-state index in [9.17, 15) is 9.59 Å². The van der Waals surface area contributed by atoms with Crippen LogP contribution in [0.1, 0.15) is 35.7 Å². The van der Waals surface area contributed by atoms with Crippen LogP contribution in [0, 0.1) is 5.92 Å². The highest BCUT2D eigenvalue weighted by Gasteiger charge is 2.23. The van der Waals surface area contributed by atoms with Gasteiger partial charge in [-0.3, -0.25) is 14.9 Å². The average molecular weight is 458 g/mol. The first-order valence-corrected chi connectivity index (χ1v) is 11.6. The number of nitrogens with one attached hydrogen (secondary N) is 2. The molecule has 0 aliphatic carbocycles. The van der Waals surface area contributed by atoms with Crippen LogP contribution < -0.4 is 10.6 Å². The molecule has 0 spiro atoms. The SMILES string of the molecule is CC1CCN(C(=O)c2ccccc2NC(=S)NC(=O)C=Cc2cccc3ccccc23)CC1. The Balaban J connectivity index is 1.40. The second kappa shape index (κ2) is 10.4. The number of likely N-dealkylation sites (tertiary alicyclic amines) is 1. The van der Waals surface area contributed by atoms with Crippen molar-refractivity contribution in [2.45, 2.75) is 19.8 Å². The third kappa shape index (κ3) is 5.65. The molecular formula is C27H27N3O2S. The number of hydrogen-bond acceptors (Lipinski definition) is 3. The fourth-order valence-electron chi connectivity index (χ4n) is 4.03. The maximum absolute atomic E-state index is 13.0. The van der Waals surface area contributed by atoms with Crippen molar-refractivity contribution in [2.24, 2.45) is 5.92 Å². The predicted octanol–water partition coefficient (Wildman–Crippen LogP) is 5.24. The topological polar surface area (TPSA) is 61.4 Å². The molecule has 6 heteroatoms. The van der Waals surface area contributed by atoms with E-state index in [1.807, 2.05) is 59.5 Å². The summed E-state index contributed by atoms with van der Waals surface area (Å²) in [4.78, 5) is 27.4. The smallest absolute Gasteiger partial charge is 0.255 e. The van der Waals surface area contributed by atoms with Crippen LogP contribution in [0.4, 0.5) is 5.69 Å². The van der Waals surface area contributed by atoms with E-state index in [0.29, 0.717) is 17.2 Å². The molecule has 0 aromatic heterocycles. The van der Waals surface area contributed by atoms with Crippen molar-refractivity contribution in [1.29, 1.82) is 0 Å². The van der Waals surface area contributed by atoms with Crippen LogP contribution in [0.15, 0.2) is 72.8 Å². The van der Waals surface area contributed by atoms with E-state index in [2.05, 4.69) is 17.6 Å². The molecule has 2 amide bonds. The third-order valence-corrected chi connectivity index (χ3v) is 6.16. The van der Waals surface area contributed by atoms with Crippen LogP contribution in [-0.2, 0) is 4.79 Å². The second-order valence-corrected chi connectivity index (χ2v) is 8.77. The lowest BCUT2D eigenvalue weighted by Gasteiger charge is -2.30. The monoisotopic (exact) mass is 457 g/mol. The minimum Gasteiger partial charge on any atom is -0.339 e. The van der Waals surface area contributed by atoms with Crippen LogP contribution in [0.3, 0.4) is 0 Å². The number of amides is 2. The molecule has 0 saturated carbocycles. The van der Waals surface area contributed by atoms with Crippen molar-refractivity contribution < 1.29 is 9.59 Å². The normalized spacial score (nSPS) is 14.4. The van der Waals surface area contributed by atoms with Crippen LogP contribution in [0.25, 0.3) is 16.8 Å². The van der Waals surface area contributed by atoms with Crippen LogP contribution in [-0.4, -0.2) is 34.9 Å². The molecule has 3 aromatic carbocycles. The van der Waals surface area contributed by atoms with Gasteiger partial charge in [0.2, 0.25) is 5.91 Å². The van der Waals surface area contributed by atoms with E-state index in [-0.39, 0.29) is 16.9 Å². The molecule has 1 fully saturated rings. The number of thiocarbonyl (C=S) groups is 1. The van der Waals surface area contributed by atoms with Gasteiger partial charge in [-0.25, -0.2) is 0 Å². The van der Waals surface area contributed by atoms with Gasteiger partial charge >= 0.3 is 0 Å². The Morgan fingerprint density at radius 2 is 1.67 bits per heavy atom. The molecular weight excluding hydrogens is 430 g/mol. The summed E-state index contributed by atoms with van der Waals surface area (Å²) < 4.78 is 0. The standard InChI is InChI=1S/C27H27N3O2S/c1-19-15-17-30(18-16-19)26(32)23-11-4-5-12-24(23)28-27(33)29-25(31)14-13-21-9-6-8-20-7-2-3-10-22(20)21/h2-14,19H,15-18H2,1H3,(H2,28,29,31,33). The van der Waals surface area contributed by atoms with Gasteiger partial charge < -0.3 is 10.2 Å². The van der Waals surface area contributed by atoms with Crippen molar-refractivity contribution in [1.82, 2.24) is 10.2 Å². The minimum absolute atomic E-state index is 0.0185. The summed E-state index contributed by atoms with van der Waals surface area (Å²) in [6, 6.07) is 21.2. The number of para-hydroxylation sites is 1. The largest absolute Gasteiger partial charge is 0.339 e. The molecule has 1 aliphatic rings. The van der Waals surface area contributed by atoms with Gasteiger partial charge in [-0.1, -0.05) is 61.5 Å². The predicted molar refractivity (Wildman–Crippen MR) is 138 cm³/mol. The highest BCUT2D eigenvalue weighted by atomic mass is 32.1. The lowest BCUT2D eigenvalue weighted by Crippen LogP contribution is -2.39. The maximum Gasteiger partial charge on any atom is 0.255 e. The molecule has 5 nitrogen and oxygen atoms in total. The molecule has 0 radical (unpaired) electrons. The lowest BCUT2D eigenvalue weighted by molar-refractivity contribution is -0.115. The minimum atomic E-state index is -0.339. The maximum atomic E-state index is 13.0. The summed E-state index contributed by atoms with van der Waals surface area (Å²) >= 11 is 5.34. The number of nitrogens with zero attached hydrogens (tertiary/aromatic N) is 1. The summed E-state index contributed by atoms with van der Waals surface area (Å²) in [5, 5.41) is 8.02. The number of fused-ring (bicyclic) bond motifs is 1. The molecule has 1 aliphatic heterocycles. The Labute approximate surface area is 199 Å². The zero-order valence-electron chi connectivity index (χ0n) is 18.6. The van der Waals surface area contributed by atoms with Crippen LogP contribution in [0.2, 0.25) is 0 Å². The first-order chi connectivity index (χ1) is 16.0. The van der Waals surface area contributed by atoms with Crippen molar-refractivity contribution in [2.75, 3.05) is 18.4 Å². The molecule has 4 rings (SSSR count). The summed E-state index contributed by atoms with van der Waals surface area (Å²) in [5.74, 6) is 0.288. The molecule has 1 heterocycles. The molecule has 33 heavy (non-hydrogen) atoms. The van der Waals surface area contributed by atoms with E-state index in [1.165, 1.54) is 6.08 Å². The fourth-order valence-corrected chi connectivity index (χ4v) is 4.24. The van der Waals surface area contributed by atoms with Gasteiger partial charge in [0.15, 0.2) is 5.11 Å². The lowest BCUT2D eigenvalue weighted by atomic mass is 9.98. The quantitative estimate of drug-likeness (QED) is 0.416. The molecule has 168 valence electrons. The Kier molecular flexibility index (Phi) is 7.15. The van der Waals surface area contributed by atoms with Gasteiger partial charge in [0.25, 0.3) is 5.91 Å². The van der Waals surface area contributed by atoms with E-state index < -0.39 is 0 Å². The Morgan fingerprint density at radius 1 is 0.970 bits per heavy atom. The molecule has 0 atom stereocenters. The Bertz CT molecular complexity index is 1210. The first-order valence-electron chi connectivity index (χ1n) is 11.2. The Hall–Kier alpha value is -3.51. The summed E-state index contributed by atoms with van der Waals surface area (Å²) in [7, 11) is 0. The number of anilines is 1. The number of benzene rings is 3. The van der Waals surface area contributed by atoms with Crippen LogP contribution in [0.5, 0.6) is 0 Å². The van der Waals surface area contributed by atoms with Crippen molar-refractivity contribution >= 4 is 51.7 Å². The van der Waals surface area contributed by atoms with Gasteiger partial charge in [-0.15, -0.1) is 0 Å². The molecule has 0 bridgehead atoms. The van der Waals surface area contributed by atoms with Gasteiger partial charge in [0.1, 0.15) is 0 Å².